The van der Waals surface area contributed by atoms with Crippen molar-refractivity contribution in [3.05, 3.63) is 29.3 Å². The molecule has 0 aliphatic carbocycles. The first-order valence-electron chi connectivity index (χ1n) is 4.50. The Hall–Kier alpha value is -1.51. The zero-order valence-corrected chi connectivity index (χ0v) is 8.66. The van der Waals surface area contributed by atoms with Gasteiger partial charge in [-0.1, -0.05) is 6.07 Å². The van der Waals surface area contributed by atoms with Crippen molar-refractivity contribution in [1.29, 1.82) is 0 Å². The molecule has 0 fully saturated rings. The van der Waals surface area contributed by atoms with E-state index in [4.69, 9.17) is 9.47 Å². The van der Waals surface area contributed by atoms with Crippen LogP contribution in [-0.2, 0) is 4.74 Å². The molecule has 14 heavy (non-hydrogen) atoms. The molecule has 0 saturated heterocycles. The van der Waals surface area contributed by atoms with Gasteiger partial charge in [-0.3, -0.25) is 0 Å². The molecule has 0 N–H and O–H groups in total. The van der Waals surface area contributed by atoms with Gasteiger partial charge in [-0.25, -0.2) is 4.79 Å². The van der Waals surface area contributed by atoms with Gasteiger partial charge in [0.1, 0.15) is 11.3 Å². The normalized spacial score (nSPS) is 9.64. The molecule has 0 heterocycles. The smallest absolute Gasteiger partial charge is 0.341 e. The fraction of sp³-hybridized carbons (Fsp3) is 0.364. The number of methoxy groups -OCH3 is 1. The van der Waals surface area contributed by atoms with E-state index in [1.807, 2.05) is 19.1 Å². The highest BCUT2D eigenvalue weighted by Crippen LogP contribution is 2.20. The van der Waals surface area contributed by atoms with E-state index in [-0.39, 0.29) is 5.97 Å². The number of hydrogen-bond acceptors (Lipinski definition) is 3. The first-order valence-corrected chi connectivity index (χ1v) is 4.50. The van der Waals surface area contributed by atoms with Crippen LogP contribution in [0.5, 0.6) is 5.75 Å². The SMILES string of the molecule is CCOC(=O)c1ccc(C)cc1OC. The van der Waals surface area contributed by atoms with Gasteiger partial charge in [0.2, 0.25) is 0 Å². The molecule has 0 atom stereocenters. The lowest BCUT2D eigenvalue weighted by Gasteiger charge is -2.08. The minimum Gasteiger partial charge on any atom is -0.496 e. The van der Waals surface area contributed by atoms with Gasteiger partial charge in [-0.05, 0) is 31.5 Å². The van der Waals surface area contributed by atoms with Crippen LogP contribution >= 0.6 is 0 Å². The minimum absolute atomic E-state index is 0.343. The monoisotopic (exact) mass is 194 g/mol. The molecule has 3 nitrogen and oxygen atoms in total. The summed E-state index contributed by atoms with van der Waals surface area (Å²) in [5, 5.41) is 0. The Labute approximate surface area is 83.6 Å². The quantitative estimate of drug-likeness (QED) is 0.692. The standard InChI is InChI=1S/C11H14O3/c1-4-14-11(12)9-6-5-8(2)7-10(9)13-3/h5-7H,4H2,1-3H3. The number of aryl methyl sites for hydroxylation is 1. The summed E-state index contributed by atoms with van der Waals surface area (Å²) in [5.74, 6) is 0.216. The van der Waals surface area contributed by atoms with E-state index in [9.17, 15) is 4.79 Å². The zero-order valence-electron chi connectivity index (χ0n) is 8.66. The van der Waals surface area contributed by atoms with Gasteiger partial charge in [0, 0.05) is 0 Å². The summed E-state index contributed by atoms with van der Waals surface area (Å²) in [5.41, 5.74) is 1.52. The van der Waals surface area contributed by atoms with Crippen LogP contribution in [0.15, 0.2) is 18.2 Å². The van der Waals surface area contributed by atoms with Gasteiger partial charge in [-0.2, -0.15) is 0 Å². The summed E-state index contributed by atoms with van der Waals surface area (Å²) in [6.07, 6.45) is 0. The molecular weight excluding hydrogens is 180 g/mol. The molecule has 0 radical (unpaired) electrons. The van der Waals surface area contributed by atoms with Crippen molar-refractivity contribution in [3.63, 3.8) is 0 Å². The summed E-state index contributed by atoms with van der Waals surface area (Å²) < 4.78 is 9.98. The molecule has 1 aromatic carbocycles. The second kappa shape index (κ2) is 4.65. The van der Waals surface area contributed by atoms with Crippen LogP contribution in [0.1, 0.15) is 22.8 Å². The molecule has 1 rings (SSSR count). The number of carbonyl (C=O) groups is 1. The summed E-state index contributed by atoms with van der Waals surface area (Å²) in [7, 11) is 1.54. The van der Waals surface area contributed by atoms with Gasteiger partial charge in [0.25, 0.3) is 0 Å². The Bertz CT molecular complexity index is 331. The van der Waals surface area contributed by atoms with Crippen molar-refractivity contribution in [2.24, 2.45) is 0 Å². The van der Waals surface area contributed by atoms with Gasteiger partial charge in [0.15, 0.2) is 0 Å². The van der Waals surface area contributed by atoms with E-state index in [1.165, 1.54) is 7.11 Å². The van der Waals surface area contributed by atoms with Crippen LogP contribution in [0.25, 0.3) is 0 Å². The number of carbonyl (C=O) groups excluding carboxylic acids is 1. The van der Waals surface area contributed by atoms with Gasteiger partial charge >= 0.3 is 5.97 Å². The zero-order chi connectivity index (χ0) is 10.6. The summed E-state index contributed by atoms with van der Waals surface area (Å²) in [4.78, 5) is 11.4. The van der Waals surface area contributed by atoms with Crippen LogP contribution in [0.3, 0.4) is 0 Å². The molecule has 0 bridgehead atoms. The van der Waals surface area contributed by atoms with E-state index >= 15 is 0 Å². The van der Waals surface area contributed by atoms with Crippen LogP contribution in [0.2, 0.25) is 0 Å². The summed E-state index contributed by atoms with van der Waals surface area (Å²) in [6.45, 7) is 4.09. The number of hydrogen-bond donors (Lipinski definition) is 0. The van der Waals surface area contributed by atoms with E-state index in [0.717, 1.165) is 5.56 Å². The molecule has 0 aliphatic rings. The second-order valence-corrected chi connectivity index (χ2v) is 2.92. The summed E-state index contributed by atoms with van der Waals surface area (Å²) >= 11 is 0. The van der Waals surface area contributed by atoms with Crippen molar-refractivity contribution in [2.75, 3.05) is 13.7 Å². The molecule has 0 aromatic heterocycles. The Morgan fingerprint density at radius 1 is 1.43 bits per heavy atom. The lowest BCUT2D eigenvalue weighted by Crippen LogP contribution is -2.06. The van der Waals surface area contributed by atoms with Crippen LogP contribution in [0, 0.1) is 6.92 Å². The Morgan fingerprint density at radius 2 is 2.14 bits per heavy atom. The average molecular weight is 194 g/mol. The Morgan fingerprint density at radius 3 is 2.71 bits per heavy atom. The molecule has 0 aliphatic heterocycles. The fourth-order valence-corrected chi connectivity index (χ4v) is 1.18. The first-order chi connectivity index (χ1) is 6.69. The van der Waals surface area contributed by atoms with E-state index in [1.54, 1.807) is 13.0 Å². The maximum Gasteiger partial charge on any atom is 0.341 e. The highest BCUT2D eigenvalue weighted by Gasteiger charge is 2.12. The minimum atomic E-state index is -0.343. The van der Waals surface area contributed by atoms with Crippen LogP contribution in [0.4, 0.5) is 0 Å². The third kappa shape index (κ3) is 2.25. The number of rotatable bonds is 3. The number of ether oxygens (including phenoxy) is 2. The maximum atomic E-state index is 11.4. The molecule has 0 spiro atoms. The predicted molar refractivity (Wildman–Crippen MR) is 53.7 cm³/mol. The average Bonchev–Trinajstić information content (AvgIpc) is 2.17. The third-order valence-electron chi connectivity index (χ3n) is 1.85. The molecule has 0 saturated carbocycles. The molecule has 3 heteroatoms. The Kier molecular flexibility index (Phi) is 3.51. The lowest BCUT2D eigenvalue weighted by molar-refractivity contribution is 0.0522. The van der Waals surface area contributed by atoms with Crippen molar-refractivity contribution in [2.45, 2.75) is 13.8 Å². The molecule has 1 aromatic rings. The first kappa shape index (κ1) is 10.6. The van der Waals surface area contributed by atoms with Crippen molar-refractivity contribution in [1.82, 2.24) is 0 Å². The van der Waals surface area contributed by atoms with Crippen LogP contribution in [-0.4, -0.2) is 19.7 Å². The largest absolute Gasteiger partial charge is 0.496 e. The van der Waals surface area contributed by atoms with E-state index < -0.39 is 0 Å². The van der Waals surface area contributed by atoms with E-state index in [2.05, 4.69) is 0 Å². The molecular formula is C11H14O3. The van der Waals surface area contributed by atoms with Gasteiger partial charge in [0.05, 0.1) is 13.7 Å². The topological polar surface area (TPSA) is 35.5 Å². The van der Waals surface area contributed by atoms with Gasteiger partial charge < -0.3 is 9.47 Å². The summed E-state index contributed by atoms with van der Waals surface area (Å²) in [6, 6.07) is 5.38. The number of benzene rings is 1. The number of esters is 1. The van der Waals surface area contributed by atoms with E-state index in [0.29, 0.717) is 17.9 Å². The highest BCUT2D eigenvalue weighted by molar-refractivity contribution is 5.92. The third-order valence-corrected chi connectivity index (χ3v) is 1.85. The van der Waals surface area contributed by atoms with Gasteiger partial charge in [-0.15, -0.1) is 0 Å². The van der Waals surface area contributed by atoms with Crippen molar-refractivity contribution in [3.8, 4) is 5.75 Å². The lowest BCUT2D eigenvalue weighted by atomic mass is 10.1. The van der Waals surface area contributed by atoms with Crippen LogP contribution < -0.4 is 4.74 Å². The Balaban J connectivity index is 3.01. The predicted octanol–water partition coefficient (Wildman–Crippen LogP) is 2.18. The highest BCUT2D eigenvalue weighted by atomic mass is 16.5. The van der Waals surface area contributed by atoms with Crippen molar-refractivity contribution < 1.29 is 14.3 Å². The molecule has 0 amide bonds. The second-order valence-electron chi connectivity index (χ2n) is 2.92. The fourth-order valence-electron chi connectivity index (χ4n) is 1.18. The maximum absolute atomic E-state index is 11.4. The van der Waals surface area contributed by atoms with Crippen molar-refractivity contribution >= 4 is 5.97 Å². The molecule has 76 valence electrons. The molecule has 0 unspecified atom stereocenters.